The van der Waals surface area contributed by atoms with Gasteiger partial charge in [0, 0.05) is 0 Å². The second kappa shape index (κ2) is 8.15. The molecule has 0 heterocycles. The Morgan fingerprint density at radius 1 is 0.923 bits per heavy atom. The molecular formula is C13H15F11O2. The maximum atomic E-state index is 13.5. The quantitative estimate of drug-likeness (QED) is 0.379. The van der Waals surface area contributed by atoms with Crippen molar-refractivity contribution in [2.75, 3.05) is 6.61 Å². The van der Waals surface area contributed by atoms with Gasteiger partial charge in [0.25, 0.3) is 0 Å². The van der Waals surface area contributed by atoms with Crippen LogP contribution in [0.3, 0.4) is 0 Å². The first-order valence-electron chi connectivity index (χ1n) is 7.09. The van der Waals surface area contributed by atoms with E-state index in [1.54, 1.807) is 0 Å². The highest BCUT2D eigenvalue weighted by atomic mass is 19.4. The van der Waals surface area contributed by atoms with E-state index in [0.29, 0.717) is 0 Å². The van der Waals surface area contributed by atoms with Gasteiger partial charge < -0.3 is 4.74 Å². The minimum Gasteiger partial charge on any atom is -0.465 e. The molecule has 0 bridgehead atoms. The molecule has 0 saturated heterocycles. The van der Waals surface area contributed by atoms with Crippen LogP contribution in [0.5, 0.6) is 0 Å². The number of rotatable bonds is 9. The van der Waals surface area contributed by atoms with Crippen LogP contribution in [0.4, 0.5) is 48.3 Å². The summed E-state index contributed by atoms with van der Waals surface area (Å²) in [6, 6.07) is 0. The summed E-state index contributed by atoms with van der Waals surface area (Å²) in [6.07, 6.45) is -13.3. The third kappa shape index (κ3) is 4.90. The highest BCUT2D eigenvalue weighted by Crippen LogP contribution is 2.55. The Balaban J connectivity index is 5.56. The molecule has 0 aromatic carbocycles. The third-order valence-electron chi connectivity index (χ3n) is 3.61. The van der Waals surface area contributed by atoms with Crippen molar-refractivity contribution in [2.45, 2.75) is 57.1 Å². The summed E-state index contributed by atoms with van der Waals surface area (Å²) in [4.78, 5) is 11.2. The van der Waals surface area contributed by atoms with Gasteiger partial charge in [0.2, 0.25) is 0 Å². The number of halogens is 11. The Morgan fingerprint density at radius 3 is 1.73 bits per heavy atom. The molecule has 0 aromatic rings. The lowest BCUT2D eigenvalue weighted by molar-refractivity contribution is -0.375. The van der Waals surface area contributed by atoms with Gasteiger partial charge in [-0.1, -0.05) is 13.8 Å². The Kier molecular flexibility index (Phi) is 7.75. The van der Waals surface area contributed by atoms with Gasteiger partial charge in [0.1, 0.15) is 5.92 Å². The summed E-state index contributed by atoms with van der Waals surface area (Å²) in [5.74, 6) is -26.7. The molecule has 0 aliphatic heterocycles. The maximum absolute atomic E-state index is 13.5. The Labute approximate surface area is 140 Å². The zero-order valence-corrected chi connectivity index (χ0v) is 13.3. The molecule has 2 atom stereocenters. The summed E-state index contributed by atoms with van der Waals surface area (Å²) in [7, 11) is 0. The van der Waals surface area contributed by atoms with Gasteiger partial charge in [-0.3, -0.25) is 4.79 Å². The second-order valence-electron chi connectivity index (χ2n) is 5.48. The number of esters is 1. The van der Waals surface area contributed by atoms with Crippen LogP contribution in [0.1, 0.15) is 26.7 Å². The molecule has 26 heavy (non-hydrogen) atoms. The van der Waals surface area contributed by atoms with E-state index >= 15 is 0 Å². The van der Waals surface area contributed by atoms with Crippen molar-refractivity contribution in [1.82, 2.24) is 0 Å². The van der Waals surface area contributed by atoms with E-state index in [4.69, 9.17) is 0 Å². The molecule has 13 heteroatoms. The van der Waals surface area contributed by atoms with Crippen molar-refractivity contribution in [3.63, 3.8) is 0 Å². The predicted molar refractivity (Wildman–Crippen MR) is 65.4 cm³/mol. The molecule has 0 saturated carbocycles. The van der Waals surface area contributed by atoms with Crippen LogP contribution in [-0.4, -0.2) is 42.9 Å². The standard InChI is InChI=1S/C13H15F11O2/c1-3-6(2)8(25)26-5-4-7(12(20,21)22)10(16,17)13(23,24)11(18,19)9(14)15/h6-7,9H,3-5H2,1-2H3. The first kappa shape index (κ1) is 24.7. The van der Waals surface area contributed by atoms with Crippen LogP contribution < -0.4 is 0 Å². The third-order valence-corrected chi connectivity index (χ3v) is 3.61. The van der Waals surface area contributed by atoms with Gasteiger partial charge in [-0.25, -0.2) is 8.78 Å². The van der Waals surface area contributed by atoms with Crippen LogP contribution >= 0.6 is 0 Å². The molecule has 0 radical (unpaired) electrons. The zero-order valence-electron chi connectivity index (χ0n) is 13.3. The summed E-state index contributed by atoms with van der Waals surface area (Å²) >= 11 is 0. The van der Waals surface area contributed by atoms with E-state index in [2.05, 4.69) is 4.74 Å². The lowest BCUT2D eigenvalue weighted by Gasteiger charge is -2.37. The molecule has 156 valence electrons. The minimum atomic E-state index is -7.00. The van der Waals surface area contributed by atoms with Gasteiger partial charge >= 0.3 is 36.3 Å². The monoisotopic (exact) mass is 412 g/mol. The fourth-order valence-electron chi connectivity index (χ4n) is 1.71. The van der Waals surface area contributed by atoms with Gasteiger partial charge in [0.05, 0.1) is 12.5 Å². The molecule has 0 amide bonds. The maximum Gasteiger partial charge on any atom is 0.397 e. The van der Waals surface area contributed by atoms with Gasteiger partial charge in [-0.15, -0.1) is 0 Å². The average Bonchev–Trinajstić information content (AvgIpc) is 2.48. The summed E-state index contributed by atoms with van der Waals surface area (Å²) in [5.41, 5.74) is 0. The molecule has 2 nitrogen and oxygen atoms in total. The fraction of sp³-hybridized carbons (Fsp3) is 0.923. The van der Waals surface area contributed by atoms with E-state index in [1.165, 1.54) is 13.8 Å². The van der Waals surface area contributed by atoms with Gasteiger partial charge in [-0.05, 0) is 12.8 Å². The van der Waals surface area contributed by atoms with Crippen molar-refractivity contribution in [1.29, 1.82) is 0 Å². The highest BCUT2D eigenvalue weighted by molar-refractivity contribution is 5.71. The molecular weight excluding hydrogens is 397 g/mol. The number of hydrogen-bond donors (Lipinski definition) is 0. The number of ether oxygens (including phenoxy) is 1. The van der Waals surface area contributed by atoms with Crippen molar-refractivity contribution < 1.29 is 57.8 Å². The number of alkyl halides is 11. The van der Waals surface area contributed by atoms with E-state index in [0.717, 1.165) is 0 Å². The Hall–Kier alpha value is -1.30. The molecule has 0 spiro atoms. The molecule has 0 aliphatic carbocycles. The van der Waals surface area contributed by atoms with Crippen molar-refractivity contribution in [2.24, 2.45) is 11.8 Å². The largest absolute Gasteiger partial charge is 0.465 e. The molecule has 2 unspecified atom stereocenters. The highest BCUT2D eigenvalue weighted by Gasteiger charge is 2.79. The number of carbonyl (C=O) groups is 1. The topological polar surface area (TPSA) is 26.3 Å². The predicted octanol–water partition coefficient (Wildman–Crippen LogP) is 5.32. The molecule has 0 aromatic heterocycles. The van der Waals surface area contributed by atoms with Crippen LogP contribution in [0.2, 0.25) is 0 Å². The summed E-state index contributed by atoms with van der Waals surface area (Å²) < 4.78 is 145. The van der Waals surface area contributed by atoms with Crippen molar-refractivity contribution >= 4 is 5.97 Å². The van der Waals surface area contributed by atoms with Crippen molar-refractivity contribution in [3.05, 3.63) is 0 Å². The van der Waals surface area contributed by atoms with Gasteiger partial charge in [0.15, 0.2) is 0 Å². The Bertz CT molecular complexity index is 473. The molecule has 0 rings (SSSR count). The van der Waals surface area contributed by atoms with Gasteiger partial charge in [-0.2, -0.15) is 39.5 Å². The Morgan fingerprint density at radius 2 is 1.38 bits per heavy atom. The van der Waals surface area contributed by atoms with Crippen LogP contribution in [0.25, 0.3) is 0 Å². The first-order chi connectivity index (χ1) is 11.4. The smallest absolute Gasteiger partial charge is 0.397 e. The summed E-state index contributed by atoms with van der Waals surface area (Å²) in [5, 5.41) is 0. The van der Waals surface area contributed by atoms with E-state index in [1.807, 2.05) is 0 Å². The van der Waals surface area contributed by atoms with Crippen LogP contribution in [0, 0.1) is 11.8 Å². The SMILES string of the molecule is CCC(C)C(=O)OCCC(C(F)(F)F)C(F)(F)C(F)(F)C(F)(F)C(F)F. The lowest BCUT2D eigenvalue weighted by atomic mass is 9.89. The molecule has 0 fully saturated rings. The van der Waals surface area contributed by atoms with Crippen LogP contribution in [-0.2, 0) is 9.53 Å². The fourth-order valence-corrected chi connectivity index (χ4v) is 1.71. The first-order valence-corrected chi connectivity index (χ1v) is 7.09. The van der Waals surface area contributed by atoms with Crippen molar-refractivity contribution in [3.8, 4) is 0 Å². The minimum absolute atomic E-state index is 0.163. The molecule has 0 N–H and O–H groups in total. The molecule has 0 aliphatic rings. The second-order valence-corrected chi connectivity index (χ2v) is 5.48. The van der Waals surface area contributed by atoms with E-state index in [-0.39, 0.29) is 6.42 Å². The average molecular weight is 412 g/mol. The number of hydrogen-bond acceptors (Lipinski definition) is 2. The van der Waals surface area contributed by atoms with Crippen LogP contribution in [0.15, 0.2) is 0 Å². The normalized spacial score (nSPS) is 16.5. The number of carbonyl (C=O) groups excluding carboxylic acids is 1. The zero-order chi connectivity index (χ0) is 21.1. The summed E-state index contributed by atoms with van der Waals surface area (Å²) in [6.45, 7) is 1.31. The van der Waals surface area contributed by atoms with E-state index < -0.39 is 61.2 Å². The lowest BCUT2D eigenvalue weighted by Crippen LogP contribution is -2.62. The van der Waals surface area contributed by atoms with E-state index in [9.17, 15) is 53.1 Å².